The lowest BCUT2D eigenvalue weighted by Gasteiger charge is -2.10. The number of aldehydes is 1. The van der Waals surface area contributed by atoms with Crippen molar-refractivity contribution < 1.29 is 4.79 Å². The minimum absolute atomic E-state index is 0.252. The van der Waals surface area contributed by atoms with E-state index in [9.17, 15) is 4.79 Å². The fourth-order valence-electron chi connectivity index (χ4n) is 2.41. The second-order valence-electron chi connectivity index (χ2n) is 4.38. The molecule has 17 heavy (non-hydrogen) atoms. The van der Waals surface area contributed by atoms with Gasteiger partial charge in [0, 0.05) is 11.6 Å². The van der Waals surface area contributed by atoms with Crippen molar-refractivity contribution >= 4 is 17.3 Å². The second-order valence-corrected chi connectivity index (χ2v) is 4.38. The number of aromatic nitrogens is 3. The standard InChI is InChI=1S/C13H13N3O/c1-9-12-4-5-16(13(12)15-8-14-9)11-3-2-10(6-11)7-17/h4-8,11H,2-3H2,1H3. The van der Waals surface area contributed by atoms with Crippen LogP contribution in [0.15, 0.2) is 30.2 Å². The van der Waals surface area contributed by atoms with Gasteiger partial charge in [0.15, 0.2) is 0 Å². The zero-order valence-corrected chi connectivity index (χ0v) is 9.63. The molecule has 0 bridgehead atoms. The molecule has 0 radical (unpaired) electrons. The summed E-state index contributed by atoms with van der Waals surface area (Å²) in [4.78, 5) is 19.3. The van der Waals surface area contributed by atoms with E-state index in [1.807, 2.05) is 25.3 Å². The molecule has 0 aromatic carbocycles. The molecular weight excluding hydrogens is 214 g/mol. The third-order valence-corrected chi connectivity index (χ3v) is 3.35. The molecule has 86 valence electrons. The van der Waals surface area contributed by atoms with Gasteiger partial charge in [0.25, 0.3) is 0 Å². The predicted octanol–water partition coefficient (Wildman–Crippen LogP) is 2.20. The lowest BCUT2D eigenvalue weighted by Crippen LogP contribution is -2.03. The molecule has 0 fully saturated rings. The maximum atomic E-state index is 10.7. The van der Waals surface area contributed by atoms with Crippen LogP contribution in [-0.2, 0) is 4.79 Å². The van der Waals surface area contributed by atoms with Gasteiger partial charge in [0.05, 0.1) is 11.7 Å². The van der Waals surface area contributed by atoms with Crippen molar-refractivity contribution in [3.63, 3.8) is 0 Å². The monoisotopic (exact) mass is 227 g/mol. The van der Waals surface area contributed by atoms with Crippen molar-refractivity contribution in [3.8, 4) is 0 Å². The van der Waals surface area contributed by atoms with Crippen LogP contribution in [0.4, 0.5) is 0 Å². The summed E-state index contributed by atoms with van der Waals surface area (Å²) in [6, 6.07) is 2.29. The molecule has 4 heteroatoms. The highest BCUT2D eigenvalue weighted by Gasteiger charge is 2.19. The number of hydrogen-bond donors (Lipinski definition) is 0. The molecule has 1 unspecified atom stereocenters. The predicted molar refractivity (Wildman–Crippen MR) is 64.7 cm³/mol. The molecule has 0 spiro atoms. The number of carbonyl (C=O) groups is 1. The van der Waals surface area contributed by atoms with Crippen LogP contribution in [0, 0.1) is 6.92 Å². The van der Waals surface area contributed by atoms with Crippen molar-refractivity contribution in [2.75, 3.05) is 0 Å². The highest BCUT2D eigenvalue weighted by atomic mass is 16.1. The van der Waals surface area contributed by atoms with Crippen LogP contribution >= 0.6 is 0 Å². The Kier molecular flexibility index (Phi) is 2.28. The maximum Gasteiger partial charge on any atom is 0.145 e. The maximum absolute atomic E-state index is 10.7. The zero-order chi connectivity index (χ0) is 11.8. The minimum Gasteiger partial charge on any atom is -0.325 e. The van der Waals surface area contributed by atoms with E-state index in [4.69, 9.17) is 0 Å². The Morgan fingerprint density at radius 2 is 2.35 bits per heavy atom. The summed E-state index contributed by atoms with van der Waals surface area (Å²) < 4.78 is 2.13. The van der Waals surface area contributed by atoms with Crippen molar-refractivity contribution in [3.05, 3.63) is 35.9 Å². The van der Waals surface area contributed by atoms with E-state index in [-0.39, 0.29) is 6.04 Å². The number of allylic oxidation sites excluding steroid dienone is 2. The molecule has 0 aliphatic heterocycles. The minimum atomic E-state index is 0.252. The van der Waals surface area contributed by atoms with Crippen molar-refractivity contribution in [2.45, 2.75) is 25.8 Å². The zero-order valence-electron chi connectivity index (χ0n) is 9.63. The smallest absolute Gasteiger partial charge is 0.145 e. The molecule has 2 aromatic heterocycles. The normalized spacial score (nSPS) is 19.6. The fraction of sp³-hybridized carbons (Fsp3) is 0.308. The molecule has 4 nitrogen and oxygen atoms in total. The topological polar surface area (TPSA) is 47.8 Å². The van der Waals surface area contributed by atoms with E-state index in [0.29, 0.717) is 0 Å². The van der Waals surface area contributed by atoms with Crippen LogP contribution in [0.5, 0.6) is 0 Å². The van der Waals surface area contributed by atoms with Crippen LogP contribution in [-0.4, -0.2) is 20.8 Å². The average Bonchev–Trinajstić information content (AvgIpc) is 2.94. The number of nitrogens with zero attached hydrogens (tertiary/aromatic N) is 3. The van der Waals surface area contributed by atoms with Crippen LogP contribution in [0.25, 0.3) is 11.0 Å². The number of rotatable bonds is 2. The van der Waals surface area contributed by atoms with Crippen LogP contribution in [0.1, 0.15) is 24.6 Å². The van der Waals surface area contributed by atoms with Crippen LogP contribution in [0.3, 0.4) is 0 Å². The summed E-state index contributed by atoms with van der Waals surface area (Å²) in [5.74, 6) is 0. The first-order valence-corrected chi connectivity index (χ1v) is 5.73. The average molecular weight is 227 g/mol. The lowest BCUT2D eigenvalue weighted by molar-refractivity contribution is -0.105. The van der Waals surface area contributed by atoms with Gasteiger partial charge < -0.3 is 4.57 Å². The van der Waals surface area contributed by atoms with E-state index < -0.39 is 0 Å². The number of hydrogen-bond acceptors (Lipinski definition) is 3. The fourth-order valence-corrected chi connectivity index (χ4v) is 2.41. The summed E-state index contributed by atoms with van der Waals surface area (Å²) in [5, 5.41) is 1.08. The highest BCUT2D eigenvalue weighted by molar-refractivity contribution is 5.79. The van der Waals surface area contributed by atoms with Crippen LogP contribution < -0.4 is 0 Å². The van der Waals surface area contributed by atoms with E-state index in [0.717, 1.165) is 41.4 Å². The molecule has 1 aliphatic rings. The third-order valence-electron chi connectivity index (χ3n) is 3.35. The van der Waals surface area contributed by atoms with Crippen molar-refractivity contribution in [2.24, 2.45) is 0 Å². The molecule has 2 heterocycles. The summed E-state index contributed by atoms with van der Waals surface area (Å²) >= 11 is 0. The van der Waals surface area contributed by atoms with Crippen molar-refractivity contribution in [1.29, 1.82) is 0 Å². The Bertz CT molecular complexity index is 612. The molecule has 2 aromatic rings. The summed E-state index contributed by atoms with van der Waals surface area (Å²) in [6.07, 6.45) is 8.43. The Hall–Kier alpha value is -1.97. The molecule has 0 saturated carbocycles. The van der Waals surface area contributed by atoms with Gasteiger partial charge in [-0.15, -0.1) is 0 Å². The Balaban J connectivity index is 2.10. The second kappa shape index (κ2) is 3.80. The number of fused-ring (bicyclic) bond motifs is 1. The van der Waals surface area contributed by atoms with Gasteiger partial charge in [-0.2, -0.15) is 0 Å². The highest BCUT2D eigenvalue weighted by Crippen LogP contribution is 2.30. The van der Waals surface area contributed by atoms with Gasteiger partial charge >= 0.3 is 0 Å². The number of carbonyl (C=O) groups excluding carboxylic acids is 1. The van der Waals surface area contributed by atoms with Gasteiger partial charge in [-0.3, -0.25) is 4.79 Å². The van der Waals surface area contributed by atoms with E-state index in [1.165, 1.54) is 0 Å². The molecule has 0 saturated heterocycles. The van der Waals surface area contributed by atoms with Crippen LogP contribution in [0.2, 0.25) is 0 Å². The first kappa shape index (κ1) is 10.2. The van der Waals surface area contributed by atoms with Gasteiger partial charge in [0.1, 0.15) is 18.3 Å². The third kappa shape index (κ3) is 1.56. The SMILES string of the molecule is Cc1ncnc2c1ccn2C1C=C(C=O)CC1. The van der Waals surface area contributed by atoms with Gasteiger partial charge in [-0.1, -0.05) is 6.08 Å². The first-order chi connectivity index (χ1) is 8.29. The Morgan fingerprint density at radius 1 is 1.47 bits per heavy atom. The molecule has 1 aliphatic carbocycles. The summed E-state index contributed by atoms with van der Waals surface area (Å²) in [6.45, 7) is 1.98. The largest absolute Gasteiger partial charge is 0.325 e. The first-order valence-electron chi connectivity index (χ1n) is 5.73. The van der Waals surface area contributed by atoms with Crippen molar-refractivity contribution in [1.82, 2.24) is 14.5 Å². The molecule has 1 atom stereocenters. The molecule has 3 rings (SSSR count). The Labute approximate surface area is 99.0 Å². The summed E-state index contributed by atoms with van der Waals surface area (Å²) in [7, 11) is 0. The summed E-state index contributed by atoms with van der Waals surface area (Å²) in [5.41, 5.74) is 2.83. The molecule has 0 amide bonds. The van der Waals surface area contributed by atoms with Gasteiger partial charge in [-0.25, -0.2) is 9.97 Å². The lowest BCUT2D eigenvalue weighted by atomic mass is 10.2. The van der Waals surface area contributed by atoms with E-state index >= 15 is 0 Å². The van der Waals surface area contributed by atoms with Gasteiger partial charge in [0.2, 0.25) is 0 Å². The van der Waals surface area contributed by atoms with E-state index in [1.54, 1.807) is 6.33 Å². The van der Waals surface area contributed by atoms with Gasteiger partial charge in [-0.05, 0) is 31.4 Å². The quantitative estimate of drug-likeness (QED) is 0.739. The van der Waals surface area contributed by atoms with E-state index in [2.05, 4.69) is 14.5 Å². The Morgan fingerprint density at radius 3 is 3.12 bits per heavy atom. The molecule has 0 N–H and O–H groups in total. The molecular formula is C13H13N3O. The number of aryl methyl sites for hydroxylation is 1.